The van der Waals surface area contributed by atoms with Gasteiger partial charge in [-0.3, -0.25) is 19.3 Å². The molecule has 3 rings (SSSR count). The molecule has 0 radical (unpaired) electrons. The molecule has 0 spiro atoms. The summed E-state index contributed by atoms with van der Waals surface area (Å²) in [5.74, 6) is 0.0612. The Kier molecular flexibility index (Phi) is 6.84. The fraction of sp³-hybridized carbons (Fsp3) is 0.238. The molecule has 2 aromatic carbocycles. The van der Waals surface area contributed by atoms with Gasteiger partial charge in [-0.2, -0.15) is 5.10 Å². The molecule has 0 unspecified atom stereocenters. The molecule has 0 bridgehead atoms. The molecule has 30 heavy (non-hydrogen) atoms. The van der Waals surface area contributed by atoms with Gasteiger partial charge < -0.3 is 10.2 Å². The van der Waals surface area contributed by atoms with Crippen LogP contribution in [0.4, 0.5) is 5.69 Å². The fourth-order valence-corrected chi connectivity index (χ4v) is 3.58. The van der Waals surface area contributed by atoms with Crippen LogP contribution >= 0.6 is 28.1 Å². The van der Waals surface area contributed by atoms with Gasteiger partial charge in [0.1, 0.15) is 6.54 Å². The monoisotopic (exact) mass is 487 g/mol. The minimum absolute atomic E-state index is 0.0143. The summed E-state index contributed by atoms with van der Waals surface area (Å²) in [4.78, 5) is 26.5. The molecule has 1 aromatic heterocycles. The van der Waals surface area contributed by atoms with Gasteiger partial charge in [0, 0.05) is 22.8 Å². The molecule has 0 saturated heterocycles. The number of nitrogens with zero attached hydrogens (tertiary/aromatic N) is 3. The van der Waals surface area contributed by atoms with Crippen molar-refractivity contribution in [3.63, 3.8) is 0 Å². The van der Waals surface area contributed by atoms with Crippen LogP contribution in [0.15, 0.2) is 46.9 Å². The number of anilines is 1. The maximum Gasteiger partial charge on any atom is 0.243 e. The van der Waals surface area contributed by atoms with Crippen molar-refractivity contribution in [2.45, 2.75) is 20.4 Å². The first-order valence-corrected chi connectivity index (χ1v) is 10.5. The van der Waals surface area contributed by atoms with Crippen LogP contribution in [0.1, 0.15) is 11.1 Å². The third-order valence-corrected chi connectivity index (χ3v) is 5.44. The number of benzene rings is 2. The third-order valence-electron chi connectivity index (χ3n) is 4.63. The highest BCUT2D eigenvalue weighted by Gasteiger charge is 2.17. The van der Waals surface area contributed by atoms with Gasteiger partial charge in [0.15, 0.2) is 10.6 Å². The van der Waals surface area contributed by atoms with E-state index in [9.17, 15) is 9.59 Å². The van der Waals surface area contributed by atoms with E-state index >= 15 is 0 Å². The minimum Gasteiger partial charge on any atom is -0.335 e. The highest BCUT2D eigenvalue weighted by Crippen LogP contribution is 2.20. The molecule has 0 aliphatic carbocycles. The van der Waals surface area contributed by atoms with E-state index in [4.69, 9.17) is 12.2 Å². The van der Waals surface area contributed by atoms with E-state index in [-0.39, 0.29) is 24.9 Å². The van der Waals surface area contributed by atoms with Crippen molar-refractivity contribution in [2.75, 3.05) is 18.9 Å². The summed E-state index contributed by atoms with van der Waals surface area (Å²) in [6.45, 7) is 3.82. The number of H-pyrrole nitrogens is 1. The van der Waals surface area contributed by atoms with E-state index in [0.717, 1.165) is 21.2 Å². The van der Waals surface area contributed by atoms with Crippen molar-refractivity contribution in [2.24, 2.45) is 0 Å². The zero-order valence-electron chi connectivity index (χ0n) is 16.9. The molecule has 0 saturated carbocycles. The van der Waals surface area contributed by atoms with Crippen LogP contribution in [0.3, 0.4) is 0 Å². The summed E-state index contributed by atoms with van der Waals surface area (Å²) in [7, 11) is 1.59. The Balaban J connectivity index is 1.67. The summed E-state index contributed by atoms with van der Waals surface area (Å²) >= 11 is 8.69. The van der Waals surface area contributed by atoms with Gasteiger partial charge >= 0.3 is 0 Å². The lowest BCUT2D eigenvalue weighted by molar-refractivity contribution is -0.133. The quantitative estimate of drug-likeness (QED) is 0.513. The second-order valence-corrected chi connectivity index (χ2v) is 8.36. The van der Waals surface area contributed by atoms with Crippen molar-refractivity contribution in [1.29, 1.82) is 0 Å². The first kappa shape index (κ1) is 21.9. The first-order chi connectivity index (χ1) is 14.2. The number of carbonyl (C=O) groups excluding carboxylic acids is 2. The van der Waals surface area contributed by atoms with Crippen molar-refractivity contribution in [3.8, 4) is 11.4 Å². The summed E-state index contributed by atoms with van der Waals surface area (Å²) < 4.78 is 2.92. The molecule has 0 aliphatic rings. The second-order valence-electron chi connectivity index (χ2n) is 7.06. The van der Waals surface area contributed by atoms with E-state index in [1.165, 1.54) is 4.90 Å². The molecule has 7 nitrogen and oxygen atoms in total. The maximum atomic E-state index is 12.7. The van der Waals surface area contributed by atoms with Crippen molar-refractivity contribution >= 4 is 45.6 Å². The molecule has 9 heteroatoms. The van der Waals surface area contributed by atoms with Crippen LogP contribution in [0, 0.1) is 18.6 Å². The van der Waals surface area contributed by atoms with E-state index < -0.39 is 0 Å². The van der Waals surface area contributed by atoms with Gasteiger partial charge in [-0.05, 0) is 49.8 Å². The number of likely N-dealkylation sites (N-methyl/N-ethyl adjacent to an activating group) is 1. The smallest absolute Gasteiger partial charge is 0.243 e. The highest BCUT2D eigenvalue weighted by atomic mass is 79.9. The van der Waals surface area contributed by atoms with Crippen molar-refractivity contribution < 1.29 is 9.59 Å². The number of carbonyl (C=O) groups is 2. The molecular formula is C21H22BrN5O2S. The second kappa shape index (κ2) is 9.36. The Morgan fingerprint density at radius 2 is 1.90 bits per heavy atom. The standard InChI is InChI=1S/C21H22BrN5O2S/c1-13-4-6-15(7-5-13)20-24-25-21(30)27(20)12-19(29)26(3)11-18(28)23-17-9-8-16(22)10-14(17)2/h4-10H,11-12H2,1-3H3,(H,23,28)(H,25,30). The molecule has 0 aliphatic heterocycles. The van der Waals surface area contributed by atoms with Gasteiger partial charge in [0.05, 0.1) is 6.54 Å². The lowest BCUT2D eigenvalue weighted by atomic mass is 10.1. The number of aromatic nitrogens is 3. The summed E-state index contributed by atoms with van der Waals surface area (Å²) in [6.07, 6.45) is 0. The largest absolute Gasteiger partial charge is 0.335 e. The van der Waals surface area contributed by atoms with E-state index in [0.29, 0.717) is 16.3 Å². The van der Waals surface area contributed by atoms with E-state index in [1.54, 1.807) is 11.6 Å². The molecule has 2 amide bonds. The highest BCUT2D eigenvalue weighted by molar-refractivity contribution is 9.10. The molecule has 3 aromatic rings. The maximum absolute atomic E-state index is 12.7. The predicted molar refractivity (Wildman–Crippen MR) is 123 cm³/mol. The average molecular weight is 488 g/mol. The fourth-order valence-electron chi connectivity index (χ4n) is 2.90. The van der Waals surface area contributed by atoms with Crippen molar-refractivity contribution in [3.05, 3.63) is 62.8 Å². The SMILES string of the molecule is Cc1ccc(-c2n[nH]c(=S)n2CC(=O)N(C)CC(=O)Nc2ccc(Br)cc2C)cc1. The Bertz CT molecular complexity index is 1140. The number of halogens is 1. The third kappa shape index (κ3) is 5.22. The lowest BCUT2D eigenvalue weighted by Gasteiger charge is -2.18. The zero-order valence-corrected chi connectivity index (χ0v) is 19.3. The number of amides is 2. The Morgan fingerprint density at radius 1 is 1.20 bits per heavy atom. The van der Waals surface area contributed by atoms with Gasteiger partial charge in [0.25, 0.3) is 0 Å². The van der Waals surface area contributed by atoms with Gasteiger partial charge in [-0.1, -0.05) is 45.8 Å². The van der Waals surface area contributed by atoms with Gasteiger partial charge in [0.2, 0.25) is 11.8 Å². The number of hydrogen-bond acceptors (Lipinski definition) is 4. The zero-order chi connectivity index (χ0) is 21.8. The molecule has 0 atom stereocenters. The number of aryl methyl sites for hydroxylation is 2. The average Bonchev–Trinajstić information content (AvgIpc) is 3.05. The van der Waals surface area contributed by atoms with Gasteiger partial charge in [-0.25, -0.2) is 0 Å². The summed E-state index contributed by atoms with van der Waals surface area (Å²) in [5.41, 5.74) is 3.62. The normalized spacial score (nSPS) is 10.7. The molecule has 156 valence electrons. The van der Waals surface area contributed by atoms with Crippen LogP contribution in [0.2, 0.25) is 0 Å². The summed E-state index contributed by atoms with van der Waals surface area (Å²) in [5, 5.41) is 9.83. The predicted octanol–water partition coefficient (Wildman–Crippen LogP) is 4.08. The van der Waals surface area contributed by atoms with Crippen LogP contribution in [-0.2, 0) is 16.1 Å². The number of aromatic amines is 1. The Hall–Kier alpha value is -2.78. The van der Waals surface area contributed by atoms with E-state index in [1.807, 2.05) is 56.3 Å². The Labute approximate surface area is 188 Å². The topological polar surface area (TPSA) is 83.0 Å². The van der Waals surface area contributed by atoms with E-state index in [2.05, 4.69) is 31.4 Å². The molecule has 0 fully saturated rings. The number of hydrogen-bond donors (Lipinski definition) is 2. The minimum atomic E-state index is -0.272. The molecular weight excluding hydrogens is 466 g/mol. The number of rotatable bonds is 6. The van der Waals surface area contributed by atoms with Crippen LogP contribution in [0.25, 0.3) is 11.4 Å². The van der Waals surface area contributed by atoms with Crippen LogP contribution in [0.5, 0.6) is 0 Å². The van der Waals surface area contributed by atoms with Gasteiger partial charge in [-0.15, -0.1) is 0 Å². The van der Waals surface area contributed by atoms with Crippen molar-refractivity contribution in [1.82, 2.24) is 19.7 Å². The van der Waals surface area contributed by atoms with Crippen LogP contribution < -0.4 is 5.32 Å². The first-order valence-electron chi connectivity index (χ1n) is 9.27. The molecule has 2 N–H and O–H groups in total. The lowest BCUT2D eigenvalue weighted by Crippen LogP contribution is -2.37. The Morgan fingerprint density at radius 3 is 2.57 bits per heavy atom. The molecule has 1 heterocycles. The summed E-state index contributed by atoms with van der Waals surface area (Å²) in [6, 6.07) is 13.4. The van der Waals surface area contributed by atoms with Crippen LogP contribution in [-0.4, -0.2) is 45.1 Å². The number of nitrogens with one attached hydrogen (secondary N) is 2.